The summed E-state index contributed by atoms with van der Waals surface area (Å²) in [6.45, 7) is 7.37. The van der Waals surface area contributed by atoms with Crippen molar-refractivity contribution in [2.24, 2.45) is 5.92 Å². The van der Waals surface area contributed by atoms with Crippen LogP contribution in [0.1, 0.15) is 13.8 Å². The molecule has 22 heavy (non-hydrogen) atoms. The van der Waals surface area contributed by atoms with Gasteiger partial charge < -0.3 is 18.8 Å². The molecule has 0 bridgehead atoms. The van der Waals surface area contributed by atoms with Gasteiger partial charge >= 0.3 is 5.97 Å². The third-order valence-corrected chi connectivity index (χ3v) is 3.03. The first-order valence-electron chi connectivity index (χ1n) is 6.59. The van der Waals surface area contributed by atoms with Gasteiger partial charge in [0.25, 0.3) is 0 Å². The van der Waals surface area contributed by atoms with Gasteiger partial charge in [0.15, 0.2) is 0 Å². The van der Waals surface area contributed by atoms with Crippen LogP contribution in [0.15, 0.2) is 42.7 Å². The normalized spacial score (nSPS) is 12.9. The number of benzene rings is 1. The summed E-state index contributed by atoms with van der Waals surface area (Å²) in [5.41, 5.74) is 3.25. The van der Waals surface area contributed by atoms with Gasteiger partial charge in [-0.05, 0) is 36.3 Å². The van der Waals surface area contributed by atoms with Crippen LogP contribution in [-0.4, -0.2) is 27.4 Å². The number of rotatable bonds is 8. The topological polar surface area (TPSA) is 87.7 Å². The first kappa shape index (κ1) is 18.0. The highest BCUT2D eigenvalue weighted by atomic mass is 32.2. The molecule has 1 aromatic rings. The first-order chi connectivity index (χ1) is 10.4. The van der Waals surface area contributed by atoms with E-state index in [1.807, 2.05) is 0 Å². The van der Waals surface area contributed by atoms with E-state index in [0.29, 0.717) is 18.0 Å². The highest BCUT2D eigenvalue weighted by Crippen LogP contribution is 2.19. The van der Waals surface area contributed by atoms with E-state index < -0.39 is 23.4 Å². The molecule has 1 aromatic carbocycles. The van der Waals surface area contributed by atoms with Crippen molar-refractivity contribution in [3.05, 3.63) is 42.7 Å². The second kappa shape index (κ2) is 9.04. The SMILES string of the molecule is C=C=CCOc1ccc(N[C@H](C(=O)OS(=O)[O-])C(C)C)cc1. The minimum absolute atomic E-state index is 0.148. The summed E-state index contributed by atoms with van der Waals surface area (Å²) in [4.78, 5) is 11.7. The maximum absolute atomic E-state index is 11.7. The maximum atomic E-state index is 11.7. The molecule has 0 amide bonds. The van der Waals surface area contributed by atoms with Crippen LogP contribution in [0.2, 0.25) is 0 Å². The van der Waals surface area contributed by atoms with Gasteiger partial charge in [0.1, 0.15) is 29.8 Å². The number of carbonyl (C=O) groups excluding carboxylic acids is 1. The Labute approximate surface area is 132 Å². The maximum Gasteiger partial charge on any atom is 0.342 e. The molecule has 2 atom stereocenters. The van der Waals surface area contributed by atoms with Crippen molar-refractivity contribution >= 4 is 23.0 Å². The Bertz CT molecular complexity index is 564. The molecule has 0 spiro atoms. The van der Waals surface area contributed by atoms with Gasteiger partial charge in [0.2, 0.25) is 0 Å². The molecule has 0 fully saturated rings. The predicted octanol–water partition coefficient (Wildman–Crippen LogP) is 2.18. The number of hydrogen-bond acceptors (Lipinski definition) is 6. The third kappa shape index (κ3) is 6.13. The smallest absolute Gasteiger partial charge is 0.342 e. The molecule has 0 aliphatic rings. The van der Waals surface area contributed by atoms with Crippen molar-refractivity contribution in [1.29, 1.82) is 0 Å². The lowest BCUT2D eigenvalue weighted by molar-refractivity contribution is -0.135. The molecule has 0 aromatic heterocycles. The minimum Gasteiger partial charge on any atom is -0.740 e. The largest absolute Gasteiger partial charge is 0.740 e. The fraction of sp³-hybridized carbons (Fsp3) is 0.333. The second-order valence-corrected chi connectivity index (χ2v) is 5.29. The quantitative estimate of drug-likeness (QED) is 0.582. The van der Waals surface area contributed by atoms with Crippen LogP contribution in [0.4, 0.5) is 5.69 Å². The van der Waals surface area contributed by atoms with Gasteiger partial charge in [-0.3, -0.25) is 0 Å². The summed E-state index contributed by atoms with van der Waals surface area (Å²) in [5, 5.41) is 2.94. The zero-order valence-corrected chi connectivity index (χ0v) is 13.2. The van der Waals surface area contributed by atoms with Crippen LogP contribution >= 0.6 is 0 Å². The summed E-state index contributed by atoms with van der Waals surface area (Å²) in [7, 11) is 0. The Morgan fingerprint density at radius 1 is 1.45 bits per heavy atom. The van der Waals surface area contributed by atoms with E-state index in [2.05, 4.69) is 21.8 Å². The van der Waals surface area contributed by atoms with Crippen molar-refractivity contribution in [2.45, 2.75) is 19.9 Å². The molecule has 0 radical (unpaired) electrons. The lowest BCUT2D eigenvalue weighted by Crippen LogP contribution is -2.36. The molecule has 7 heteroatoms. The van der Waals surface area contributed by atoms with Gasteiger partial charge in [0, 0.05) is 5.69 Å². The number of nitrogens with one attached hydrogen (secondary N) is 1. The number of ether oxygens (including phenoxy) is 1. The van der Waals surface area contributed by atoms with E-state index in [-0.39, 0.29) is 5.92 Å². The van der Waals surface area contributed by atoms with Crippen LogP contribution in [0.3, 0.4) is 0 Å². The fourth-order valence-corrected chi connectivity index (χ4v) is 1.88. The van der Waals surface area contributed by atoms with Crippen LogP contribution in [0, 0.1) is 5.92 Å². The Kier molecular flexibility index (Phi) is 7.39. The Morgan fingerprint density at radius 3 is 2.59 bits per heavy atom. The van der Waals surface area contributed by atoms with Gasteiger partial charge in [0.05, 0.1) is 0 Å². The number of carbonyl (C=O) groups is 1. The molecule has 6 nitrogen and oxygen atoms in total. The van der Waals surface area contributed by atoms with Crippen LogP contribution < -0.4 is 10.1 Å². The molecule has 1 N–H and O–H groups in total. The Balaban J connectivity index is 2.71. The van der Waals surface area contributed by atoms with Crippen molar-refractivity contribution in [2.75, 3.05) is 11.9 Å². The highest BCUT2D eigenvalue weighted by Gasteiger charge is 2.24. The molecule has 120 valence electrons. The number of anilines is 1. The standard InChI is InChI=1S/C15H19NO5S/c1-4-5-10-20-13-8-6-12(7-9-13)16-14(11(2)3)15(17)21-22(18)19/h5-9,11,14,16H,1,10H2,2-3H3,(H,18,19)/p-1/t14-/m0/s1. The first-order valence-corrected chi connectivity index (χ1v) is 7.59. The predicted molar refractivity (Wildman–Crippen MR) is 82.9 cm³/mol. The van der Waals surface area contributed by atoms with E-state index in [1.54, 1.807) is 44.2 Å². The average Bonchev–Trinajstić information content (AvgIpc) is 2.45. The summed E-state index contributed by atoms with van der Waals surface area (Å²) < 4.78 is 30.5. The van der Waals surface area contributed by atoms with Crippen LogP contribution in [0.25, 0.3) is 0 Å². The fourth-order valence-electron chi connectivity index (χ4n) is 1.64. The summed E-state index contributed by atoms with van der Waals surface area (Å²) >= 11 is -2.87. The van der Waals surface area contributed by atoms with Gasteiger partial charge in [-0.1, -0.05) is 20.4 Å². The van der Waals surface area contributed by atoms with Crippen molar-refractivity contribution in [1.82, 2.24) is 0 Å². The van der Waals surface area contributed by atoms with E-state index >= 15 is 0 Å². The molecule has 1 unspecified atom stereocenters. The van der Waals surface area contributed by atoms with E-state index in [1.165, 1.54) is 0 Å². The van der Waals surface area contributed by atoms with Crippen LogP contribution in [0.5, 0.6) is 5.75 Å². The molecule has 0 saturated heterocycles. The highest BCUT2D eigenvalue weighted by molar-refractivity contribution is 7.74. The molecule has 1 rings (SSSR count). The average molecular weight is 324 g/mol. The summed E-state index contributed by atoms with van der Waals surface area (Å²) in [5.74, 6) is -0.342. The summed E-state index contributed by atoms with van der Waals surface area (Å²) in [6, 6.07) is 6.14. The molecular weight excluding hydrogens is 306 g/mol. The molecule has 0 saturated carbocycles. The summed E-state index contributed by atoms with van der Waals surface area (Å²) in [6.07, 6.45) is 1.65. The lowest BCUT2D eigenvalue weighted by Gasteiger charge is -2.22. The molecule has 0 aliphatic heterocycles. The second-order valence-electron chi connectivity index (χ2n) is 4.72. The van der Waals surface area contributed by atoms with Crippen molar-refractivity contribution in [3.63, 3.8) is 0 Å². The van der Waals surface area contributed by atoms with Crippen molar-refractivity contribution in [3.8, 4) is 5.75 Å². The van der Waals surface area contributed by atoms with Gasteiger partial charge in [-0.25, -0.2) is 9.00 Å². The molecule has 0 aliphatic carbocycles. The van der Waals surface area contributed by atoms with Gasteiger partial charge in [-0.2, -0.15) is 0 Å². The Morgan fingerprint density at radius 2 is 2.09 bits per heavy atom. The molecular formula is C15H18NO5S-. The number of hydrogen-bond donors (Lipinski definition) is 1. The van der Waals surface area contributed by atoms with Gasteiger partial charge in [-0.15, -0.1) is 5.73 Å². The zero-order chi connectivity index (χ0) is 16.5. The van der Waals surface area contributed by atoms with E-state index in [9.17, 15) is 13.6 Å². The van der Waals surface area contributed by atoms with E-state index in [0.717, 1.165) is 0 Å². The van der Waals surface area contributed by atoms with Crippen molar-refractivity contribution < 1.29 is 22.5 Å². The third-order valence-electron chi connectivity index (χ3n) is 2.72. The lowest BCUT2D eigenvalue weighted by atomic mass is 10.0. The Hall–Kier alpha value is -2.08. The molecule has 0 heterocycles. The minimum atomic E-state index is -2.87. The van der Waals surface area contributed by atoms with Crippen LogP contribution in [-0.2, 0) is 20.3 Å². The monoisotopic (exact) mass is 324 g/mol. The zero-order valence-electron chi connectivity index (χ0n) is 12.4. The van der Waals surface area contributed by atoms with E-state index in [4.69, 9.17) is 4.74 Å².